The Morgan fingerprint density at radius 1 is 0.942 bits per heavy atom. The number of rotatable bonds is 9. The first kappa shape index (κ1) is 43.9. The molecule has 0 radical (unpaired) electrons. The fraction of sp³-hybridized carbons (Fsp3) is 0.829. The van der Waals surface area contributed by atoms with Crippen molar-refractivity contribution in [3.8, 4) is 0 Å². The summed E-state index contributed by atoms with van der Waals surface area (Å²) in [5, 5.41) is 1.67. The normalized spacial score (nSPS) is 32.5. The van der Waals surface area contributed by atoms with Crippen LogP contribution in [-0.2, 0) is 52.1 Å². The van der Waals surface area contributed by atoms with Crippen LogP contribution in [0.4, 0.5) is 13.2 Å². The fourth-order valence-corrected chi connectivity index (χ4v) is 10.6. The fourth-order valence-electron chi connectivity index (χ4n) is 8.58. The van der Waals surface area contributed by atoms with Crippen LogP contribution in [0, 0.1) is 28.6 Å². The monoisotopic (exact) mass is 783 g/mol. The Morgan fingerprint density at radius 3 is 1.94 bits per heavy atom. The van der Waals surface area contributed by atoms with E-state index in [4.69, 9.17) is 22.8 Å². The van der Waals surface area contributed by atoms with E-state index >= 15 is 0 Å². The standard InChI is InChI=1S/C35H56F3NO11SSi/c1-18-25(50-52(12,13)32(5,6)7)16-23-28(46-19(2)40)27-22(17-39-31(43)35(36,37)38)24(49-51(11,44)45)14-15-34(27,10)30(48-21(4)42)29(47-20(3)41)26(18)33(23,8)9/h22-25,27-30H,14-17H2,1-13H3,(H,39,43)/t22-,23+,24+,25+,27+,28-,29-,30+,34-/m1/s1. The predicted molar refractivity (Wildman–Crippen MR) is 186 cm³/mol. The van der Waals surface area contributed by atoms with E-state index in [-0.39, 0.29) is 24.3 Å². The molecule has 3 aliphatic carbocycles. The van der Waals surface area contributed by atoms with Crippen molar-refractivity contribution in [2.75, 3.05) is 12.8 Å². The van der Waals surface area contributed by atoms with Gasteiger partial charge in [-0.2, -0.15) is 21.6 Å². The molecule has 2 bridgehead atoms. The summed E-state index contributed by atoms with van der Waals surface area (Å²) in [5.74, 6) is -7.45. The summed E-state index contributed by atoms with van der Waals surface area (Å²) in [7, 11) is -6.74. The highest BCUT2D eigenvalue weighted by atomic mass is 32.2. The molecule has 12 nitrogen and oxygen atoms in total. The van der Waals surface area contributed by atoms with E-state index in [1.165, 1.54) is 20.8 Å². The van der Waals surface area contributed by atoms with Crippen LogP contribution in [0.1, 0.15) is 88.5 Å². The Balaban J connectivity index is 2.51. The van der Waals surface area contributed by atoms with Crippen LogP contribution in [0.2, 0.25) is 18.1 Å². The molecule has 2 fully saturated rings. The number of nitrogens with one attached hydrogen (secondary N) is 1. The molecular weight excluding hydrogens is 728 g/mol. The SMILES string of the molecule is CC(=O)O[C@H]1[C@@H]2[C@H](CNC(=O)C(F)(F)F)[C@@H](OS(C)(=O)=O)CC[C@@]2(C)[C@@H](OC(C)=O)[C@H](OC(C)=O)C2=C(C)[C@@H](O[Si](C)(C)C(C)(C)C)C[C@@H]1C2(C)C. The van der Waals surface area contributed by atoms with Crippen LogP contribution in [0.3, 0.4) is 0 Å². The van der Waals surface area contributed by atoms with E-state index in [0.717, 1.165) is 11.8 Å². The zero-order chi connectivity index (χ0) is 40.2. The van der Waals surface area contributed by atoms with E-state index in [1.807, 2.05) is 26.1 Å². The molecule has 298 valence electrons. The Kier molecular flexibility index (Phi) is 12.6. The van der Waals surface area contributed by atoms with Gasteiger partial charge in [-0.05, 0) is 60.9 Å². The second-order valence-corrected chi connectivity index (χ2v) is 23.3. The van der Waals surface area contributed by atoms with Crippen molar-refractivity contribution in [3.63, 3.8) is 0 Å². The summed E-state index contributed by atoms with van der Waals surface area (Å²) in [5.41, 5.74) is -1.00. The zero-order valence-corrected chi connectivity index (χ0v) is 34.3. The van der Waals surface area contributed by atoms with Crippen molar-refractivity contribution in [2.45, 2.75) is 143 Å². The van der Waals surface area contributed by atoms with Crippen LogP contribution in [0.5, 0.6) is 0 Å². The Hall–Kier alpha value is -2.50. The van der Waals surface area contributed by atoms with Gasteiger partial charge in [0.25, 0.3) is 10.1 Å². The Labute approximate surface area is 306 Å². The van der Waals surface area contributed by atoms with Gasteiger partial charge in [0.1, 0.15) is 12.2 Å². The second kappa shape index (κ2) is 15.0. The van der Waals surface area contributed by atoms with Crippen molar-refractivity contribution in [1.82, 2.24) is 5.32 Å². The minimum Gasteiger partial charge on any atom is -0.462 e. The molecule has 0 aliphatic heterocycles. The summed E-state index contributed by atoms with van der Waals surface area (Å²) in [6.45, 7) is 20.5. The van der Waals surface area contributed by atoms with Crippen molar-refractivity contribution in [2.24, 2.45) is 28.6 Å². The van der Waals surface area contributed by atoms with E-state index in [2.05, 4.69) is 33.9 Å². The number of fused-ring (bicyclic) bond motifs is 3. The summed E-state index contributed by atoms with van der Waals surface area (Å²) >= 11 is 0. The number of hydrogen-bond donors (Lipinski definition) is 1. The van der Waals surface area contributed by atoms with Crippen LogP contribution in [0.15, 0.2) is 11.1 Å². The van der Waals surface area contributed by atoms with E-state index < -0.39 is 114 Å². The largest absolute Gasteiger partial charge is 0.471 e. The zero-order valence-electron chi connectivity index (χ0n) is 32.5. The van der Waals surface area contributed by atoms with E-state index in [9.17, 15) is 40.8 Å². The van der Waals surface area contributed by atoms with Gasteiger partial charge in [0.05, 0.1) is 18.5 Å². The number of halogens is 3. The highest BCUT2D eigenvalue weighted by molar-refractivity contribution is 7.86. The second-order valence-electron chi connectivity index (χ2n) is 16.9. The number of carbonyl (C=O) groups is 4. The Bertz CT molecular complexity index is 1550. The predicted octanol–water partition coefficient (Wildman–Crippen LogP) is 5.60. The van der Waals surface area contributed by atoms with Crippen LogP contribution >= 0.6 is 0 Å². The third-order valence-corrected chi connectivity index (χ3v) is 16.9. The van der Waals surface area contributed by atoms with Gasteiger partial charge in [-0.1, -0.05) is 41.5 Å². The highest BCUT2D eigenvalue weighted by Gasteiger charge is 2.66. The molecule has 2 saturated carbocycles. The van der Waals surface area contributed by atoms with Crippen molar-refractivity contribution < 1.29 is 63.6 Å². The number of alkyl halides is 3. The average Bonchev–Trinajstić information content (AvgIpc) is 2.93. The molecule has 3 rings (SSSR count). The van der Waals surface area contributed by atoms with Crippen LogP contribution in [0.25, 0.3) is 0 Å². The minimum atomic E-state index is -5.26. The quantitative estimate of drug-likeness (QED) is 0.102. The highest BCUT2D eigenvalue weighted by Crippen LogP contribution is 2.62. The Morgan fingerprint density at radius 2 is 1.48 bits per heavy atom. The number of ether oxygens (including phenoxy) is 3. The lowest BCUT2D eigenvalue weighted by Gasteiger charge is -2.62. The first-order chi connectivity index (χ1) is 23.3. The van der Waals surface area contributed by atoms with Crippen molar-refractivity contribution in [3.05, 3.63) is 11.1 Å². The molecule has 0 saturated heterocycles. The number of esters is 3. The van der Waals surface area contributed by atoms with Gasteiger partial charge in [-0.25, -0.2) is 0 Å². The molecule has 1 amide bonds. The van der Waals surface area contributed by atoms with Gasteiger partial charge in [0, 0.05) is 50.5 Å². The number of amides is 1. The number of carbonyl (C=O) groups excluding carboxylic acids is 4. The summed E-state index contributed by atoms with van der Waals surface area (Å²) in [6.07, 6.45) is -9.83. The molecule has 0 aromatic rings. The van der Waals surface area contributed by atoms with Crippen molar-refractivity contribution in [1.29, 1.82) is 0 Å². The van der Waals surface area contributed by atoms with Gasteiger partial charge >= 0.3 is 30.0 Å². The van der Waals surface area contributed by atoms with Gasteiger partial charge in [-0.15, -0.1) is 0 Å². The first-order valence-electron chi connectivity index (χ1n) is 17.5. The maximum Gasteiger partial charge on any atom is 0.471 e. The topological polar surface area (TPSA) is 161 Å². The average molecular weight is 784 g/mol. The lowest BCUT2D eigenvalue weighted by Crippen LogP contribution is -2.67. The number of hydrogen-bond acceptors (Lipinski definition) is 11. The molecule has 0 heterocycles. The smallest absolute Gasteiger partial charge is 0.462 e. The third-order valence-electron chi connectivity index (χ3n) is 11.8. The van der Waals surface area contributed by atoms with Gasteiger partial charge in [0.2, 0.25) is 0 Å². The van der Waals surface area contributed by atoms with Gasteiger partial charge in [0.15, 0.2) is 14.4 Å². The molecule has 0 unspecified atom stereocenters. The molecule has 0 aromatic carbocycles. The first-order valence-corrected chi connectivity index (χ1v) is 22.2. The summed E-state index contributed by atoms with van der Waals surface area (Å²) < 4.78 is 96.8. The minimum absolute atomic E-state index is 0.0401. The molecule has 52 heavy (non-hydrogen) atoms. The maximum absolute atomic E-state index is 13.6. The van der Waals surface area contributed by atoms with Crippen LogP contribution < -0.4 is 5.32 Å². The molecule has 0 aromatic heterocycles. The van der Waals surface area contributed by atoms with E-state index in [1.54, 1.807) is 6.92 Å². The lowest BCUT2D eigenvalue weighted by molar-refractivity contribution is -0.221. The molecule has 0 spiro atoms. The summed E-state index contributed by atoms with van der Waals surface area (Å²) in [4.78, 5) is 51.3. The maximum atomic E-state index is 13.6. The molecule has 9 atom stereocenters. The third kappa shape index (κ3) is 9.23. The van der Waals surface area contributed by atoms with Crippen molar-refractivity contribution >= 4 is 42.3 Å². The molecule has 1 N–H and O–H groups in total. The van der Waals surface area contributed by atoms with Gasteiger partial charge < -0.3 is 24.0 Å². The van der Waals surface area contributed by atoms with Gasteiger partial charge in [-0.3, -0.25) is 23.4 Å². The summed E-state index contributed by atoms with van der Waals surface area (Å²) in [6, 6.07) is 0. The lowest BCUT2D eigenvalue weighted by atomic mass is 9.48. The molecular formula is C35H56F3NO11SSi. The van der Waals surface area contributed by atoms with E-state index in [0.29, 0.717) is 5.57 Å². The molecule has 17 heteroatoms. The molecule has 3 aliphatic rings. The van der Waals surface area contributed by atoms with Crippen LogP contribution in [-0.4, -0.2) is 90.0 Å².